The molecule has 5 nitrogen and oxygen atoms in total. The second-order valence-corrected chi connectivity index (χ2v) is 6.81. The van der Waals surface area contributed by atoms with Crippen LogP contribution in [0, 0.1) is 0 Å². The summed E-state index contributed by atoms with van der Waals surface area (Å²) in [6.45, 7) is 9.33. The largest absolute Gasteiger partial charge is 0.444 e. The maximum Gasteiger partial charge on any atom is 0.407 e. The van der Waals surface area contributed by atoms with Gasteiger partial charge in [-0.05, 0) is 53.0 Å². The van der Waals surface area contributed by atoms with Crippen LogP contribution in [0.25, 0.3) is 0 Å². The molecule has 0 aromatic heterocycles. The number of hydrogen-bond acceptors (Lipinski definition) is 4. The molecule has 2 atom stereocenters. The van der Waals surface area contributed by atoms with E-state index in [0.717, 1.165) is 26.1 Å². The Labute approximate surface area is 122 Å². The maximum atomic E-state index is 11.7. The number of nitrogens with zero attached hydrogens (tertiary/aromatic N) is 1. The van der Waals surface area contributed by atoms with Crippen LogP contribution in [0.3, 0.4) is 0 Å². The Kier molecular flexibility index (Phi) is 5.27. The molecular formula is C15H28N2O3. The molecule has 0 aromatic rings. The van der Waals surface area contributed by atoms with Crippen LogP contribution in [0.2, 0.25) is 0 Å². The molecule has 20 heavy (non-hydrogen) atoms. The zero-order valence-corrected chi connectivity index (χ0v) is 13.0. The van der Waals surface area contributed by atoms with Crippen LogP contribution in [-0.2, 0) is 9.47 Å². The Morgan fingerprint density at radius 1 is 1.35 bits per heavy atom. The lowest BCUT2D eigenvalue weighted by Crippen LogP contribution is -2.44. The zero-order valence-electron chi connectivity index (χ0n) is 13.0. The average molecular weight is 284 g/mol. The fraction of sp³-hybridized carbons (Fsp3) is 0.933. The van der Waals surface area contributed by atoms with Crippen molar-refractivity contribution in [1.29, 1.82) is 0 Å². The van der Waals surface area contributed by atoms with Crippen LogP contribution >= 0.6 is 0 Å². The van der Waals surface area contributed by atoms with E-state index in [1.165, 1.54) is 19.3 Å². The molecule has 1 amide bonds. The van der Waals surface area contributed by atoms with Crippen molar-refractivity contribution < 1.29 is 14.3 Å². The Bertz CT molecular complexity index is 322. The molecule has 0 aliphatic carbocycles. The second-order valence-electron chi connectivity index (χ2n) is 6.81. The summed E-state index contributed by atoms with van der Waals surface area (Å²) < 4.78 is 11.0. The van der Waals surface area contributed by atoms with Gasteiger partial charge in [0.05, 0.1) is 6.10 Å². The van der Waals surface area contributed by atoms with Gasteiger partial charge in [-0.2, -0.15) is 0 Å². The first-order valence-electron chi connectivity index (χ1n) is 7.76. The molecular weight excluding hydrogens is 256 g/mol. The van der Waals surface area contributed by atoms with Crippen molar-refractivity contribution in [1.82, 2.24) is 10.2 Å². The first kappa shape index (κ1) is 15.6. The molecule has 2 rings (SSSR count). The van der Waals surface area contributed by atoms with Gasteiger partial charge in [0.1, 0.15) is 5.60 Å². The minimum atomic E-state index is -0.433. The van der Waals surface area contributed by atoms with Gasteiger partial charge in [-0.15, -0.1) is 0 Å². The van der Waals surface area contributed by atoms with Crippen LogP contribution in [0.15, 0.2) is 0 Å². The predicted molar refractivity (Wildman–Crippen MR) is 77.8 cm³/mol. The van der Waals surface area contributed by atoms with Crippen LogP contribution in [-0.4, -0.2) is 55.0 Å². The lowest BCUT2D eigenvalue weighted by atomic mass is 10.2. The van der Waals surface area contributed by atoms with Crippen molar-refractivity contribution in [3.8, 4) is 0 Å². The fourth-order valence-electron chi connectivity index (χ4n) is 2.93. The van der Waals surface area contributed by atoms with E-state index < -0.39 is 5.60 Å². The Morgan fingerprint density at radius 3 is 2.80 bits per heavy atom. The molecule has 2 aliphatic rings. The molecule has 0 aromatic carbocycles. The van der Waals surface area contributed by atoms with Gasteiger partial charge in [-0.3, -0.25) is 4.90 Å². The van der Waals surface area contributed by atoms with Gasteiger partial charge in [-0.25, -0.2) is 4.79 Å². The van der Waals surface area contributed by atoms with Gasteiger partial charge in [-0.1, -0.05) is 0 Å². The number of carbonyl (C=O) groups excluding carboxylic acids is 1. The lowest BCUT2D eigenvalue weighted by Gasteiger charge is -2.27. The van der Waals surface area contributed by atoms with Crippen LogP contribution < -0.4 is 5.32 Å². The quantitative estimate of drug-likeness (QED) is 0.859. The number of rotatable bonds is 4. The third-order valence-electron chi connectivity index (χ3n) is 3.84. The second kappa shape index (κ2) is 6.76. The summed E-state index contributed by atoms with van der Waals surface area (Å²) in [6, 6.07) is 0.423. The van der Waals surface area contributed by atoms with E-state index in [4.69, 9.17) is 9.47 Å². The highest BCUT2D eigenvalue weighted by atomic mass is 16.6. The molecule has 0 bridgehead atoms. The molecule has 2 heterocycles. The van der Waals surface area contributed by atoms with Crippen LogP contribution in [0.1, 0.15) is 46.5 Å². The van der Waals surface area contributed by atoms with Gasteiger partial charge >= 0.3 is 6.09 Å². The number of alkyl carbamates (subject to hydrolysis) is 1. The summed E-state index contributed by atoms with van der Waals surface area (Å²) in [6.07, 6.45) is 4.76. The van der Waals surface area contributed by atoms with Crippen molar-refractivity contribution in [2.75, 3.05) is 26.2 Å². The number of nitrogens with one attached hydrogen (secondary N) is 1. The van der Waals surface area contributed by atoms with E-state index in [9.17, 15) is 4.79 Å². The average Bonchev–Trinajstić information content (AvgIpc) is 2.96. The number of ether oxygens (including phenoxy) is 2. The highest BCUT2D eigenvalue weighted by molar-refractivity contribution is 5.67. The summed E-state index contributed by atoms with van der Waals surface area (Å²) >= 11 is 0. The standard InChI is InChI=1S/C15H28N2O3/c1-15(2,3)20-14(18)16-10-12-6-4-8-17(12)11-13-7-5-9-19-13/h12-13H,4-11H2,1-3H3,(H,16,18)/t12-,13-/m1/s1. The van der Waals surface area contributed by atoms with Gasteiger partial charge in [0.15, 0.2) is 0 Å². The lowest BCUT2D eigenvalue weighted by molar-refractivity contribution is 0.0488. The van der Waals surface area contributed by atoms with Gasteiger partial charge in [0, 0.05) is 25.7 Å². The third kappa shape index (κ3) is 4.94. The maximum absolute atomic E-state index is 11.7. The molecule has 2 fully saturated rings. The number of carbonyl (C=O) groups is 1. The summed E-state index contributed by atoms with van der Waals surface area (Å²) in [4.78, 5) is 14.1. The van der Waals surface area contributed by atoms with E-state index in [1.54, 1.807) is 0 Å². The Hall–Kier alpha value is -0.810. The molecule has 2 aliphatic heterocycles. The van der Waals surface area contributed by atoms with E-state index in [-0.39, 0.29) is 6.09 Å². The van der Waals surface area contributed by atoms with Crippen molar-refractivity contribution in [3.63, 3.8) is 0 Å². The molecule has 0 spiro atoms. The van der Waals surface area contributed by atoms with Crippen molar-refractivity contribution in [2.45, 2.75) is 64.2 Å². The number of amides is 1. The van der Waals surface area contributed by atoms with Gasteiger partial charge < -0.3 is 14.8 Å². The SMILES string of the molecule is CC(C)(C)OC(=O)NC[C@H]1CCCN1C[C@H]1CCCO1. The third-order valence-corrected chi connectivity index (χ3v) is 3.84. The summed E-state index contributed by atoms with van der Waals surface area (Å²) in [7, 11) is 0. The summed E-state index contributed by atoms with van der Waals surface area (Å²) in [5, 5.41) is 2.89. The highest BCUT2D eigenvalue weighted by Gasteiger charge is 2.29. The molecule has 5 heteroatoms. The highest BCUT2D eigenvalue weighted by Crippen LogP contribution is 2.21. The normalized spacial score (nSPS) is 27.8. The Balaban J connectivity index is 1.72. The Morgan fingerprint density at radius 2 is 2.15 bits per heavy atom. The minimum Gasteiger partial charge on any atom is -0.444 e. The number of likely N-dealkylation sites (tertiary alicyclic amines) is 1. The van der Waals surface area contributed by atoms with E-state index in [0.29, 0.717) is 18.7 Å². The molecule has 0 radical (unpaired) electrons. The summed E-state index contributed by atoms with van der Waals surface area (Å²) in [5.74, 6) is 0. The molecule has 116 valence electrons. The fourth-order valence-corrected chi connectivity index (χ4v) is 2.93. The van der Waals surface area contributed by atoms with Crippen molar-refractivity contribution >= 4 is 6.09 Å². The first-order chi connectivity index (χ1) is 9.44. The molecule has 1 N–H and O–H groups in total. The zero-order chi connectivity index (χ0) is 14.6. The van der Waals surface area contributed by atoms with Crippen molar-refractivity contribution in [3.05, 3.63) is 0 Å². The van der Waals surface area contributed by atoms with E-state index >= 15 is 0 Å². The monoisotopic (exact) mass is 284 g/mol. The predicted octanol–water partition coefficient (Wildman–Crippen LogP) is 2.15. The van der Waals surface area contributed by atoms with E-state index in [1.807, 2.05) is 20.8 Å². The first-order valence-corrected chi connectivity index (χ1v) is 7.76. The van der Waals surface area contributed by atoms with Crippen LogP contribution in [0.4, 0.5) is 4.79 Å². The summed E-state index contributed by atoms with van der Waals surface area (Å²) in [5.41, 5.74) is -0.433. The topological polar surface area (TPSA) is 50.8 Å². The van der Waals surface area contributed by atoms with Gasteiger partial charge in [0.2, 0.25) is 0 Å². The van der Waals surface area contributed by atoms with Crippen molar-refractivity contribution in [2.24, 2.45) is 0 Å². The van der Waals surface area contributed by atoms with Gasteiger partial charge in [0.25, 0.3) is 0 Å². The molecule has 0 unspecified atom stereocenters. The van der Waals surface area contributed by atoms with E-state index in [2.05, 4.69) is 10.2 Å². The smallest absolute Gasteiger partial charge is 0.407 e. The number of hydrogen-bond donors (Lipinski definition) is 1. The van der Waals surface area contributed by atoms with Crippen LogP contribution in [0.5, 0.6) is 0 Å². The molecule has 2 saturated heterocycles. The molecule has 0 saturated carbocycles. The minimum absolute atomic E-state index is 0.318.